The van der Waals surface area contributed by atoms with E-state index >= 15 is 0 Å². The molecule has 0 N–H and O–H groups in total. The maximum atomic E-state index is 13.1. The summed E-state index contributed by atoms with van der Waals surface area (Å²) in [7, 11) is 0. The van der Waals surface area contributed by atoms with Gasteiger partial charge < -0.3 is 4.90 Å². The summed E-state index contributed by atoms with van der Waals surface area (Å²) >= 11 is 0. The van der Waals surface area contributed by atoms with Gasteiger partial charge in [0.25, 0.3) is 5.91 Å². The number of amides is 1. The predicted octanol–water partition coefficient (Wildman–Crippen LogP) is 2.30. The Balaban J connectivity index is 1.60. The number of hydrogen-bond donors (Lipinski definition) is 0. The highest BCUT2D eigenvalue weighted by atomic mass is 19.1. The van der Waals surface area contributed by atoms with E-state index in [0.717, 1.165) is 37.7 Å². The van der Waals surface area contributed by atoms with Crippen molar-refractivity contribution in [3.63, 3.8) is 0 Å². The molecule has 2 fully saturated rings. The molecule has 0 aromatic heterocycles. The summed E-state index contributed by atoms with van der Waals surface area (Å²) in [5, 5.41) is 0. The Morgan fingerprint density at radius 2 is 1.95 bits per heavy atom. The van der Waals surface area contributed by atoms with Crippen LogP contribution in [0.3, 0.4) is 0 Å². The molecule has 0 bridgehead atoms. The van der Waals surface area contributed by atoms with Crippen LogP contribution in [-0.4, -0.2) is 48.4 Å². The van der Waals surface area contributed by atoms with Gasteiger partial charge in [0.1, 0.15) is 5.82 Å². The van der Waals surface area contributed by atoms with Crippen molar-refractivity contribution >= 4 is 5.91 Å². The number of benzene rings is 1. The summed E-state index contributed by atoms with van der Waals surface area (Å²) in [5.41, 5.74) is 1.34. The molecule has 1 aliphatic heterocycles. The number of nitrogens with zero attached hydrogens (tertiary/aromatic N) is 2. The summed E-state index contributed by atoms with van der Waals surface area (Å²) in [6.07, 6.45) is 2.74. The Morgan fingerprint density at radius 1 is 1.25 bits per heavy atom. The second-order valence-electron chi connectivity index (χ2n) is 6.00. The van der Waals surface area contributed by atoms with Crippen LogP contribution in [0.2, 0.25) is 0 Å². The number of carbonyl (C=O) groups excluding carboxylic acids is 1. The molecule has 1 aromatic rings. The number of aryl methyl sites for hydroxylation is 1. The van der Waals surface area contributed by atoms with Gasteiger partial charge in [-0.25, -0.2) is 4.39 Å². The number of carbonyl (C=O) groups is 1. The van der Waals surface area contributed by atoms with Crippen molar-refractivity contribution in [2.45, 2.75) is 19.8 Å². The fourth-order valence-electron chi connectivity index (χ4n) is 2.84. The molecule has 20 heavy (non-hydrogen) atoms. The van der Waals surface area contributed by atoms with Crippen molar-refractivity contribution in [1.29, 1.82) is 0 Å². The lowest BCUT2D eigenvalue weighted by molar-refractivity contribution is 0.0631. The van der Waals surface area contributed by atoms with Gasteiger partial charge in [-0.15, -0.1) is 0 Å². The van der Waals surface area contributed by atoms with Crippen molar-refractivity contribution in [3.8, 4) is 0 Å². The van der Waals surface area contributed by atoms with Gasteiger partial charge in [0, 0.05) is 38.3 Å². The zero-order valence-electron chi connectivity index (χ0n) is 11.9. The quantitative estimate of drug-likeness (QED) is 0.846. The van der Waals surface area contributed by atoms with E-state index in [1.165, 1.54) is 31.5 Å². The van der Waals surface area contributed by atoms with E-state index in [0.29, 0.717) is 5.56 Å². The Bertz CT molecular complexity index is 505. The van der Waals surface area contributed by atoms with E-state index < -0.39 is 0 Å². The van der Waals surface area contributed by atoms with Crippen LogP contribution < -0.4 is 0 Å². The molecule has 3 nitrogen and oxygen atoms in total. The van der Waals surface area contributed by atoms with E-state index in [9.17, 15) is 9.18 Å². The highest BCUT2D eigenvalue weighted by Crippen LogP contribution is 2.30. The van der Waals surface area contributed by atoms with Gasteiger partial charge >= 0.3 is 0 Å². The van der Waals surface area contributed by atoms with Crippen LogP contribution in [0.1, 0.15) is 28.8 Å². The monoisotopic (exact) mass is 276 g/mol. The van der Waals surface area contributed by atoms with E-state index in [1.807, 2.05) is 4.90 Å². The summed E-state index contributed by atoms with van der Waals surface area (Å²) < 4.78 is 13.1. The molecular formula is C16H21FN2O. The van der Waals surface area contributed by atoms with Crippen molar-refractivity contribution < 1.29 is 9.18 Å². The molecule has 0 spiro atoms. The minimum absolute atomic E-state index is 0.0357. The minimum atomic E-state index is -0.284. The van der Waals surface area contributed by atoms with E-state index in [4.69, 9.17) is 0 Å². The second-order valence-corrected chi connectivity index (χ2v) is 6.00. The summed E-state index contributed by atoms with van der Waals surface area (Å²) in [6, 6.07) is 4.39. The van der Waals surface area contributed by atoms with Crippen molar-refractivity contribution in [2.24, 2.45) is 5.92 Å². The third kappa shape index (κ3) is 3.01. The normalized spacial score (nSPS) is 20.2. The molecule has 1 aromatic carbocycles. The second kappa shape index (κ2) is 5.52. The van der Waals surface area contributed by atoms with Crippen molar-refractivity contribution in [2.75, 3.05) is 32.7 Å². The van der Waals surface area contributed by atoms with Crippen LogP contribution in [0.15, 0.2) is 18.2 Å². The molecule has 3 rings (SSSR count). The largest absolute Gasteiger partial charge is 0.336 e. The fraction of sp³-hybridized carbons (Fsp3) is 0.562. The molecule has 2 aliphatic rings. The van der Waals surface area contributed by atoms with Crippen LogP contribution in [-0.2, 0) is 0 Å². The first-order chi connectivity index (χ1) is 9.63. The van der Waals surface area contributed by atoms with Gasteiger partial charge in [-0.1, -0.05) is 0 Å². The number of hydrogen-bond acceptors (Lipinski definition) is 2. The summed E-state index contributed by atoms with van der Waals surface area (Å²) in [5.74, 6) is 0.651. The smallest absolute Gasteiger partial charge is 0.254 e. The lowest BCUT2D eigenvalue weighted by Crippen LogP contribution is -2.49. The zero-order chi connectivity index (χ0) is 14.1. The van der Waals surface area contributed by atoms with Gasteiger partial charge in [0.2, 0.25) is 0 Å². The minimum Gasteiger partial charge on any atom is -0.336 e. The standard InChI is InChI=1S/C16H21FN2O/c1-12-10-14(17)4-5-15(12)16(20)19-8-6-18(7-9-19)11-13-2-3-13/h4-5,10,13H,2-3,6-9,11H2,1H3. The molecule has 0 radical (unpaired) electrons. The lowest BCUT2D eigenvalue weighted by Gasteiger charge is -2.35. The average Bonchev–Trinajstić information content (AvgIpc) is 3.23. The maximum absolute atomic E-state index is 13.1. The Kier molecular flexibility index (Phi) is 3.74. The predicted molar refractivity (Wildman–Crippen MR) is 76.2 cm³/mol. The first-order valence-electron chi connectivity index (χ1n) is 7.41. The Morgan fingerprint density at radius 3 is 2.55 bits per heavy atom. The number of piperazine rings is 1. The molecular weight excluding hydrogens is 255 g/mol. The molecule has 1 amide bonds. The third-order valence-electron chi connectivity index (χ3n) is 4.29. The zero-order valence-corrected chi connectivity index (χ0v) is 11.9. The molecule has 0 atom stereocenters. The van der Waals surface area contributed by atoms with Gasteiger partial charge in [-0.05, 0) is 49.4 Å². The molecule has 0 unspecified atom stereocenters. The average molecular weight is 276 g/mol. The van der Waals surface area contributed by atoms with Crippen LogP contribution in [0, 0.1) is 18.7 Å². The van der Waals surface area contributed by atoms with Gasteiger partial charge in [0.15, 0.2) is 0 Å². The van der Waals surface area contributed by atoms with E-state index in [1.54, 1.807) is 13.0 Å². The third-order valence-corrected chi connectivity index (χ3v) is 4.29. The van der Waals surface area contributed by atoms with E-state index in [2.05, 4.69) is 4.90 Å². The summed E-state index contributed by atoms with van der Waals surface area (Å²) in [4.78, 5) is 16.8. The maximum Gasteiger partial charge on any atom is 0.254 e. The van der Waals surface area contributed by atoms with Crippen LogP contribution in [0.4, 0.5) is 4.39 Å². The molecule has 1 heterocycles. The first-order valence-corrected chi connectivity index (χ1v) is 7.41. The molecule has 4 heteroatoms. The number of halogens is 1. The van der Waals surface area contributed by atoms with Crippen LogP contribution in [0.5, 0.6) is 0 Å². The fourth-order valence-corrected chi connectivity index (χ4v) is 2.84. The van der Waals surface area contributed by atoms with Crippen molar-refractivity contribution in [1.82, 2.24) is 9.80 Å². The molecule has 1 saturated heterocycles. The molecule has 1 aliphatic carbocycles. The molecule has 1 saturated carbocycles. The lowest BCUT2D eigenvalue weighted by atomic mass is 10.1. The Hall–Kier alpha value is -1.42. The Labute approximate surface area is 119 Å². The van der Waals surface area contributed by atoms with Gasteiger partial charge in [-0.2, -0.15) is 0 Å². The van der Waals surface area contributed by atoms with Gasteiger partial charge in [-0.3, -0.25) is 9.69 Å². The SMILES string of the molecule is Cc1cc(F)ccc1C(=O)N1CCN(CC2CC2)CC1. The van der Waals surface area contributed by atoms with Crippen LogP contribution in [0.25, 0.3) is 0 Å². The topological polar surface area (TPSA) is 23.6 Å². The van der Waals surface area contributed by atoms with Crippen LogP contribution >= 0.6 is 0 Å². The first kappa shape index (κ1) is 13.6. The van der Waals surface area contributed by atoms with Crippen molar-refractivity contribution in [3.05, 3.63) is 35.1 Å². The van der Waals surface area contributed by atoms with E-state index in [-0.39, 0.29) is 11.7 Å². The highest BCUT2D eigenvalue weighted by molar-refractivity contribution is 5.95. The highest BCUT2D eigenvalue weighted by Gasteiger charge is 2.28. The molecule has 108 valence electrons. The number of rotatable bonds is 3. The van der Waals surface area contributed by atoms with Gasteiger partial charge in [0.05, 0.1) is 0 Å². The summed E-state index contributed by atoms with van der Waals surface area (Å²) in [6.45, 7) is 6.47.